The molecule has 2 heterocycles. The maximum absolute atomic E-state index is 13.8. The number of carbonyl (C=O) groups excluding carboxylic acids is 2. The molecule has 0 bridgehead atoms. The van der Waals surface area contributed by atoms with Gasteiger partial charge < -0.3 is 19.7 Å². The molecule has 0 aliphatic carbocycles. The standard InChI is InChI=1S/C28H37N3O4/c1-34-19-18-31-26(32)28(29-27(31)33,21-23-10-6-12-25(20-23)35-2)24-13-16-30(17-14-24)15-7-11-22-8-4-3-5-9-22/h3-6,8-10,12,20,24H,7,11,13-19,21H2,1-2H3,(H,29,33). The van der Waals surface area contributed by atoms with Crippen molar-refractivity contribution in [2.24, 2.45) is 5.92 Å². The van der Waals surface area contributed by atoms with Crippen molar-refractivity contribution in [3.63, 3.8) is 0 Å². The zero-order chi connectivity index (χ0) is 24.7. The molecule has 1 N–H and O–H groups in total. The predicted molar refractivity (Wildman–Crippen MR) is 135 cm³/mol. The Balaban J connectivity index is 1.45. The molecular formula is C28H37N3O4. The molecule has 0 radical (unpaired) electrons. The second-order valence-electron chi connectivity index (χ2n) is 9.58. The molecule has 2 fully saturated rings. The molecule has 4 rings (SSSR count). The fourth-order valence-electron chi connectivity index (χ4n) is 5.48. The largest absolute Gasteiger partial charge is 0.497 e. The number of benzene rings is 2. The summed E-state index contributed by atoms with van der Waals surface area (Å²) in [5.41, 5.74) is 1.42. The van der Waals surface area contributed by atoms with Gasteiger partial charge in [-0.3, -0.25) is 9.69 Å². The average Bonchev–Trinajstić information content (AvgIpc) is 3.13. The van der Waals surface area contributed by atoms with Crippen LogP contribution in [0.3, 0.4) is 0 Å². The molecule has 2 aromatic rings. The van der Waals surface area contributed by atoms with Crippen molar-refractivity contribution in [3.05, 3.63) is 65.7 Å². The number of hydrogen-bond donors (Lipinski definition) is 1. The number of hydrogen-bond acceptors (Lipinski definition) is 5. The molecule has 35 heavy (non-hydrogen) atoms. The SMILES string of the molecule is COCCN1C(=O)NC(Cc2cccc(OC)c2)(C2CCN(CCCc3ccccc3)CC2)C1=O. The minimum Gasteiger partial charge on any atom is -0.497 e. The first kappa shape index (κ1) is 25.2. The summed E-state index contributed by atoms with van der Waals surface area (Å²) < 4.78 is 10.5. The van der Waals surface area contributed by atoms with Crippen LogP contribution < -0.4 is 10.1 Å². The number of nitrogens with one attached hydrogen (secondary N) is 1. The number of rotatable bonds is 11. The van der Waals surface area contributed by atoms with Gasteiger partial charge in [-0.15, -0.1) is 0 Å². The van der Waals surface area contributed by atoms with Gasteiger partial charge in [-0.1, -0.05) is 42.5 Å². The van der Waals surface area contributed by atoms with Crippen molar-refractivity contribution in [3.8, 4) is 5.75 Å². The number of ether oxygens (including phenoxy) is 2. The van der Waals surface area contributed by atoms with Gasteiger partial charge in [-0.2, -0.15) is 0 Å². The summed E-state index contributed by atoms with van der Waals surface area (Å²) in [6.07, 6.45) is 4.39. The highest BCUT2D eigenvalue weighted by Crippen LogP contribution is 2.37. The van der Waals surface area contributed by atoms with E-state index in [2.05, 4.69) is 40.5 Å². The molecule has 2 saturated heterocycles. The first-order valence-electron chi connectivity index (χ1n) is 12.6. The minimum atomic E-state index is -0.937. The molecule has 1 atom stereocenters. The minimum absolute atomic E-state index is 0.0723. The predicted octanol–water partition coefficient (Wildman–Crippen LogP) is 3.52. The second kappa shape index (κ2) is 11.7. The smallest absolute Gasteiger partial charge is 0.325 e. The summed E-state index contributed by atoms with van der Waals surface area (Å²) in [5, 5.41) is 3.13. The summed E-state index contributed by atoms with van der Waals surface area (Å²) in [7, 11) is 3.22. The lowest BCUT2D eigenvalue weighted by Gasteiger charge is -2.41. The molecule has 2 aliphatic rings. The average molecular weight is 480 g/mol. The van der Waals surface area contributed by atoms with Crippen LogP contribution in [0.5, 0.6) is 5.75 Å². The van der Waals surface area contributed by atoms with Crippen molar-refractivity contribution >= 4 is 11.9 Å². The number of amides is 3. The van der Waals surface area contributed by atoms with E-state index < -0.39 is 5.54 Å². The maximum Gasteiger partial charge on any atom is 0.325 e. The van der Waals surface area contributed by atoms with Gasteiger partial charge in [0.05, 0.1) is 20.3 Å². The Hall–Kier alpha value is -2.90. The Morgan fingerprint density at radius 3 is 2.43 bits per heavy atom. The first-order valence-corrected chi connectivity index (χ1v) is 12.6. The van der Waals surface area contributed by atoms with E-state index in [4.69, 9.17) is 9.47 Å². The highest BCUT2D eigenvalue weighted by atomic mass is 16.5. The molecule has 0 saturated carbocycles. The Kier molecular flexibility index (Phi) is 8.42. The Labute approximate surface area is 208 Å². The molecule has 2 aliphatic heterocycles. The summed E-state index contributed by atoms with van der Waals surface area (Å²) in [6.45, 7) is 3.50. The first-order chi connectivity index (χ1) is 17.1. The number of piperidine rings is 1. The van der Waals surface area contributed by atoms with Gasteiger partial charge in [0.25, 0.3) is 5.91 Å². The van der Waals surface area contributed by atoms with E-state index in [1.807, 2.05) is 24.3 Å². The van der Waals surface area contributed by atoms with Crippen molar-refractivity contribution in [1.29, 1.82) is 0 Å². The van der Waals surface area contributed by atoms with Crippen LogP contribution in [-0.2, 0) is 22.4 Å². The van der Waals surface area contributed by atoms with E-state index in [0.29, 0.717) is 13.0 Å². The number of carbonyl (C=O) groups is 2. The van der Waals surface area contributed by atoms with E-state index >= 15 is 0 Å². The van der Waals surface area contributed by atoms with Crippen LogP contribution >= 0.6 is 0 Å². The van der Waals surface area contributed by atoms with Gasteiger partial charge in [-0.05, 0) is 74.5 Å². The molecule has 3 amide bonds. The summed E-state index contributed by atoms with van der Waals surface area (Å²) in [4.78, 5) is 30.5. The number of methoxy groups -OCH3 is 2. The number of nitrogens with zero attached hydrogens (tertiary/aromatic N) is 2. The van der Waals surface area contributed by atoms with E-state index in [1.54, 1.807) is 14.2 Å². The lowest BCUT2D eigenvalue weighted by atomic mass is 9.74. The van der Waals surface area contributed by atoms with Gasteiger partial charge in [0.2, 0.25) is 0 Å². The zero-order valence-electron chi connectivity index (χ0n) is 20.9. The van der Waals surface area contributed by atoms with Crippen LogP contribution in [0.15, 0.2) is 54.6 Å². The molecule has 1 unspecified atom stereocenters. The lowest BCUT2D eigenvalue weighted by Crippen LogP contribution is -2.57. The van der Waals surface area contributed by atoms with E-state index in [0.717, 1.165) is 56.6 Å². The van der Waals surface area contributed by atoms with E-state index in [9.17, 15) is 9.59 Å². The third-order valence-electron chi connectivity index (χ3n) is 7.41. The lowest BCUT2D eigenvalue weighted by molar-refractivity contribution is -0.134. The van der Waals surface area contributed by atoms with Gasteiger partial charge in [-0.25, -0.2) is 4.79 Å². The normalized spacial score (nSPS) is 21.4. The molecular weight excluding hydrogens is 442 g/mol. The summed E-state index contributed by atoms with van der Waals surface area (Å²) in [6, 6.07) is 18.0. The Morgan fingerprint density at radius 2 is 1.71 bits per heavy atom. The van der Waals surface area contributed by atoms with Gasteiger partial charge in [0.1, 0.15) is 11.3 Å². The van der Waals surface area contributed by atoms with Crippen LogP contribution in [0.4, 0.5) is 4.79 Å². The van der Waals surface area contributed by atoms with Crippen molar-refractivity contribution in [2.75, 3.05) is 47.0 Å². The quantitative estimate of drug-likeness (QED) is 0.500. The third kappa shape index (κ3) is 5.85. The highest BCUT2D eigenvalue weighted by Gasteiger charge is 2.55. The Morgan fingerprint density at radius 1 is 0.971 bits per heavy atom. The number of aryl methyl sites for hydroxylation is 1. The number of urea groups is 1. The van der Waals surface area contributed by atoms with Crippen molar-refractivity contribution in [2.45, 2.75) is 37.6 Å². The van der Waals surface area contributed by atoms with Crippen LogP contribution in [0.1, 0.15) is 30.4 Å². The van der Waals surface area contributed by atoms with Crippen molar-refractivity contribution in [1.82, 2.24) is 15.1 Å². The number of imide groups is 1. The summed E-state index contributed by atoms with van der Waals surface area (Å²) >= 11 is 0. The van der Waals surface area contributed by atoms with Crippen LogP contribution in [-0.4, -0.2) is 74.3 Å². The van der Waals surface area contributed by atoms with Crippen LogP contribution in [0, 0.1) is 5.92 Å². The van der Waals surface area contributed by atoms with Crippen molar-refractivity contribution < 1.29 is 19.1 Å². The van der Waals surface area contributed by atoms with Crippen LogP contribution in [0.25, 0.3) is 0 Å². The van der Waals surface area contributed by atoms with Gasteiger partial charge in [0.15, 0.2) is 0 Å². The highest BCUT2D eigenvalue weighted by molar-refractivity contribution is 6.07. The fraction of sp³-hybridized carbons (Fsp3) is 0.500. The topological polar surface area (TPSA) is 71.1 Å². The molecule has 7 nitrogen and oxygen atoms in total. The Bertz CT molecular complexity index is 991. The maximum atomic E-state index is 13.8. The van der Waals surface area contributed by atoms with Gasteiger partial charge >= 0.3 is 6.03 Å². The molecule has 0 aromatic heterocycles. The zero-order valence-corrected chi connectivity index (χ0v) is 20.9. The summed E-state index contributed by atoms with van der Waals surface area (Å²) in [5.74, 6) is 0.687. The fourth-order valence-corrected chi connectivity index (χ4v) is 5.48. The monoisotopic (exact) mass is 479 g/mol. The molecule has 0 spiro atoms. The van der Waals surface area contributed by atoms with E-state index in [-0.39, 0.29) is 24.4 Å². The van der Waals surface area contributed by atoms with E-state index in [1.165, 1.54) is 10.5 Å². The third-order valence-corrected chi connectivity index (χ3v) is 7.41. The second-order valence-corrected chi connectivity index (χ2v) is 9.58. The van der Waals surface area contributed by atoms with Crippen LogP contribution in [0.2, 0.25) is 0 Å². The number of likely N-dealkylation sites (tertiary alicyclic amines) is 1. The molecule has 7 heteroatoms. The molecule has 2 aromatic carbocycles. The molecule has 188 valence electrons. The van der Waals surface area contributed by atoms with Gasteiger partial charge in [0, 0.05) is 13.5 Å².